The SMILES string of the molecule is CS(=O)(=O)c1ccc(Oc2ccc(F)cc2)c(C(=O)O)c1. The van der Waals surface area contributed by atoms with Gasteiger partial charge in [0, 0.05) is 6.26 Å². The summed E-state index contributed by atoms with van der Waals surface area (Å²) in [7, 11) is -3.52. The van der Waals surface area contributed by atoms with E-state index in [1.54, 1.807) is 0 Å². The standard InChI is InChI=1S/C14H11FO5S/c1-21(18,19)11-6-7-13(12(8-11)14(16)17)20-10-4-2-9(15)3-5-10/h2-8H,1H3,(H,16,17). The predicted octanol–water partition coefficient (Wildman–Crippen LogP) is 2.72. The van der Waals surface area contributed by atoms with E-state index in [-0.39, 0.29) is 22.0 Å². The zero-order chi connectivity index (χ0) is 15.6. The molecule has 0 radical (unpaired) electrons. The summed E-state index contributed by atoms with van der Waals surface area (Å²) >= 11 is 0. The third-order valence-corrected chi connectivity index (χ3v) is 3.76. The molecule has 0 fully saturated rings. The van der Waals surface area contributed by atoms with E-state index in [4.69, 9.17) is 9.84 Å². The largest absolute Gasteiger partial charge is 0.478 e. The second-order valence-corrected chi connectivity index (χ2v) is 6.31. The van der Waals surface area contributed by atoms with Gasteiger partial charge in [-0.3, -0.25) is 0 Å². The van der Waals surface area contributed by atoms with Gasteiger partial charge >= 0.3 is 5.97 Å². The van der Waals surface area contributed by atoms with Crippen molar-refractivity contribution in [3.8, 4) is 11.5 Å². The van der Waals surface area contributed by atoms with Crippen LogP contribution >= 0.6 is 0 Å². The summed E-state index contributed by atoms with van der Waals surface area (Å²) in [6.07, 6.45) is 0.981. The van der Waals surface area contributed by atoms with Gasteiger partial charge in [-0.2, -0.15) is 0 Å². The number of hydrogen-bond donors (Lipinski definition) is 1. The topological polar surface area (TPSA) is 80.7 Å². The predicted molar refractivity (Wildman–Crippen MR) is 73.0 cm³/mol. The molecule has 0 amide bonds. The molecule has 0 aromatic heterocycles. The molecular formula is C14H11FO5S. The van der Waals surface area contributed by atoms with E-state index in [0.717, 1.165) is 12.3 Å². The maximum absolute atomic E-state index is 12.8. The Bertz CT molecular complexity index is 782. The van der Waals surface area contributed by atoms with E-state index in [9.17, 15) is 17.6 Å². The fraction of sp³-hybridized carbons (Fsp3) is 0.0714. The Morgan fingerprint density at radius 2 is 1.76 bits per heavy atom. The lowest BCUT2D eigenvalue weighted by Gasteiger charge is -2.10. The lowest BCUT2D eigenvalue weighted by Crippen LogP contribution is -2.04. The zero-order valence-corrected chi connectivity index (χ0v) is 11.7. The first-order valence-corrected chi connectivity index (χ1v) is 7.67. The third kappa shape index (κ3) is 3.57. The molecule has 0 aliphatic heterocycles. The second kappa shape index (κ2) is 5.53. The summed E-state index contributed by atoms with van der Waals surface area (Å²) in [6.45, 7) is 0. The van der Waals surface area contributed by atoms with Crippen molar-refractivity contribution < 1.29 is 27.4 Å². The molecule has 5 nitrogen and oxygen atoms in total. The van der Waals surface area contributed by atoms with Crippen molar-refractivity contribution >= 4 is 15.8 Å². The van der Waals surface area contributed by atoms with Gasteiger partial charge in [-0.1, -0.05) is 0 Å². The number of ether oxygens (including phenoxy) is 1. The second-order valence-electron chi connectivity index (χ2n) is 4.29. The lowest BCUT2D eigenvalue weighted by atomic mass is 10.2. The normalized spacial score (nSPS) is 11.1. The van der Waals surface area contributed by atoms with Gasteiger partial charge in [-0.25, -0.2) is 17.6 Å². The van der Waals surface area contributed by atoms with Crippen LogP contribution in [-0.2, 0) is 9.84 Å². The molecule has 21 heavy (non-hydrogen) atoms. The van der Waals surface area contributed by atoms with E-state index in [0.29, 0.717) is 0 Å². The first-order chi connectivity index (χ1) is 9.77. The minimum absolute atomic E-state index is 0.0264. The molecular weight excluding hydrogens is 299 g/mol. The van der Waals surface area contributed by atoms with Crippen LogP contribution < -0.4 is 4.74 Å². The van der Waals surface area contributed by atoms with Crippen LogP contribution in [0.25, 0.3) is 0 Å². The van der Waals surface area contributed by atoms with Gasteiger partial charge < -0.3 is 9.84 Å². The first-order valence-electron chi connectivity index (χ1n) is 5.78. The van der Waals surface area contributed by atoms with E-state index in [2.05, 4.69) is 0 Å². The number of carboxylic acids is 1. The van der Waals surface area contributed by atoms with Crippen molar-refractivity contribution in [3.05, 3.63) is 53.8 Å². The van der Waals surface area contributed by atoms with Crippen LogP contribution in [0.5, 0.6) is 11.5 Å². The van der Waals surface area contributed by atoms with Gasteiger partial charge in [-0.05, 0) is 42.5 Å². The average Bonchev–Trinajstić information content (AvgIpc) is 2.40. The molecule has 0 aliphatic carbocycles. The van der Waals surface area contributed by atoms with E-state index in [1.807, 2.05) is 0 Å². The van der Waals surface area contributed by atoms with Gasteiger partial charge in [0.15, 0.2) is 9.84 Å². The molecule has 0 atom stereocenters. The van der Waals surface area contributed by atoms with Crippen molar-refractivity contribution in [1.29, 1.82) is 0 Å². The molecule has 2 aromatic rings. The Morgan fingerprint density at radius 3 is 2.29 bits per heavy atom. The summed E-state index contributed by atoms with van der Waals surface area (Å²) in [4.78, 5) is 11.1. The number of carboxylic acid groups (broad SMARTS) is 1. The zero-order valence-electron chi connectivity index (χ0n) is 10.9. The first kappa shape index (κ1) is 15.0. The van der Waals surface area contributed by atoms with Crippen LogP contribution in [0.3, 0.4) is 0 Å². The summed E-state index contributed by atoms with van der Waals surface area (Å²) in [5.41, 5.74) is -0.290. The number of halogens is 1. The van der Waals surface area contributed by atoms with Crippen molar-refractivity contribution in [1.82, 2.24) is 0 Å². The molecule has 0 bridgehead atoms. The van der Waals surface area contributed by atoms with Crippen molar-refractivity contribution in [2.24, 2.45) is 0 Å². The molecule has 7 heteroatoms. The number of sulfone groups is 1. The van der Waals surface area contributed by atoms with E-state index in [1.165, 1.54) is 36.4 Å². The van der Waals surface area contributed by atoms with Gasteiger partial charge in [0.05, 0.1) is 4.90 Å². The highest BCUT2D eigenvalue weighted by Crippen LogP contribution is 2.28. The van der Waals surface area contributed by atoms with Crippen LogP contribution in [0.1, 0.15) is 10.4 Å². The van der Waals surface area contributed by atoms with Crippen molar-refractivity contribution in [2.45, 2.75) is 4.90 Å². The molecule has 2 rings (SSSR count). The van der Waals surface area contributed by atoms with Crippen LogP contribution in [0.15, 0.2) is 47.4 Å². The highest BCUT2D eigenvalue weighted by Gasteiger charge is 2.17. The average molecular weight is 310 g/mol. The Hall–Kier alpha value is -2.41. The van der Waals surface area contributed by atoms with E-state index >= 15 is 0 Å². The molecule has 110 valence electrons. The molecule has 0 saturated carbocycles. The number of benzene rings is 2. The smallest absolute Gasteiger partial charge is 0.339 e. The Balaban J connectivity index is 2.44. The van der Waals surface area contributed by atoms with Crippen LogP contribution in [0.2, 0.25) is 0 Å². The highest BCUT2D eigenvalue weighted by molar-refractivity contribution is 7.90. The number of carbonyl (C=O) groups is 1. The summed E-state index contributed by atoms with van der Waals surface area (Å²) in [5, 5.41) is 9.14. The fourth-order valence-electron chi connectivity index (χ4n) is 1.63. The molecule has 0 heterocycles. The third-order valence-electron chi connectivity index (χ3n) is 2.65. The van der Waals surface area contributed by atoms with Crippen molar-refractivity contribution in [2.75, 3.05) is 6.26 Å². The number of hydrogen-bond acceptors (Lipinski definition) is 4. The molecule has 0 aliphatic rings. The quantitative estimate of drug-likeness (QED) is 0.939. The van der Waals surface area contributed by atoms with Crippen LogP contribution in [-0.4, -0.2) is 25.7 Å². The maximum atomic E-state index is 12.8. The fourth-order valence-corrected chi connectivity index (χ4v) is 2.27. The van der Waals surface area contributed by atoms with Gasteiger partial charge in [-0.15, -0.1) is 0 Å². The number of aromatic carboxylic acids is 1. The molecule has 1 N–H and O–H groups in total. The highest BCUT2D eigenvalue weighted by atomic mass is 32.2. The molecule has 0 unspecified atom stereocenters. The van der Waals surface area contributed by atoms with E-state index < -0.39 is 21.6 Å². The Morgan fingerprint density at radius 1 is 1.14 bits per heavy atom. The summed E-state index contributed by atoms with van der Waals surface area (Å²) < 4.78 is 41.0. The summed E-state index contributed by atoms with van der Waals surface area (Å²) in [5.74, 6) is -1.56. The van der Waals surface area contributed by atoms with Gasteiger partial charge in [0.1, 0.15) is 22.9 Å². The molecule has 0 saturated heterocycles. The Kier molecular flexibility index (Phi) is 3.95. The maximum Gasteiger partial charge on any atom is 0.339 e. The monoisotopic (exact) mass is 310 g/mol. The molecule has 2 aromatic carbocycles. The minimum Gasteiger partial charge on any atom is -0.478 e. The minimum atomic E-state index is -3.52. The van der Waals surface area contributed by atoms with Gasteiger partial charge in [0.2, 0.25) is 0 Å². The molecule has 0 spiro atoms. The van der Waals surface area contributed by atoms with Crippen molar-refractivity contribution in [3.63, 3.8) is 0 Å². The number of rotatable bonds is 4. The Labute approximate surface area is 120 Å². The van der Waals surface area contributed by atoms with Crippen LogP contribution in [0.4, 0.5) is 4.39 Å². The summed E-state index contributed by atoms with van der Waals surface area (Å²) in [6, 6.07) is 8.54. The van der Waals surface area contributed by atoms with Gasteiger partial charge in [0.25, 0.3) is 0 Å². The van der Waals surface area contributed by atoms with Crippen LogP contribution in [0, 0.1) is 5.82 Å². The lowest BCUT2D eigenvalue weighted by molar-refractivity contribution is 0.0694.